The number of Topliss-reactive ketones (excluding diaryl/α,β-unsaturated/α-hetero) is 1. The van der Waals surface area contributed by atoms with Crippen LogP contribution in [0, 0.1) is 0 Å². The number of fused-ring (bicyclic) bond motifs is 1. The molecule has 6 heteroatoms. The topological polar surface area (TPSA) is 80.7 Å². The molecule has 0 saturated heterocycles. The standard InChI is InChI=1S/C26H22O5S/c1-26(28,24(27)20-11-4-2-5-12-20)25(21-13-6-3-7-14-21)31-32(29,30)23-17-16-19-10-8-9-15-22(19)18-23/h2-18,25,28H,1H3. The fourth-order valence-electron chi connectivity index (χ4n) is 3.61. The van der Waals surface area contributed by atoms with Crippen molar-refractivity contribution in [3.05, 3.63) is 114 Å². The Bertz CT molecular complexity index is 1350. The maximum Gasteiger partial charge on any atom is 0.297 e. The average molecular weight is 447 g/mol. The number of carbonyl (C=O) groups excluding carboxylic acids is 1. The van der Waals surface area contributed by atoms with Crippen LogP contribution in [0.25, 0.3) is 10.8 Å². The molecular weight excluding hydrogens is 424 g/mol. The highest BCUT2D eigenvalue weighted by Gasteiger charge is 2.44. The van der Waals surface area contributed by atoms with E-state index in [1.165, 1.54) is 19.1 Å². The lowest BCUT2D eigenvalue weighted by atomic mass is 9.86. The molecule has 0 saturated carbocycles. The zero-order valence-electron chi connectivity index (χ0n) is 17.4. The van der Waals surface area contributed by atoms with Gasteiger partial charge in [0, 0.05) is 5.56 Å². The molecule has 5 nitrogen and oxygen atoms in total. The van der Waals surface area contributed by atoms with Crippen molar-refractivity contribution in [2.24, 2.45) is 0 Å². The van der Waals surface area contributed by atoms with E-state index in [9.17, 15) is 18.3 Å². The Hall–Kier alpha value is -3.32. The molecule has 0 aliphatic heterocycles. The van der Waals surface area contributed by atoms with Gasteiger partial charge in [-0.2, -0.15) is 8.42 Å². The minimum Gasteiger partial charge on any atom is -0.379 e. The molecule has 0 spiro atoms. The zero-order valence-corrected chi connectivity index (χ0v) is 18.2. The van der Waals surface area contributed by atoms with Gasteiger partial charge in [0.2, 0.25) is 0 Å². The van der Waals surface area contributed by atoms with E-state index >= 15 is 0 Å². The first-order valence-corrected chi connectivity index (χ1v) is 11.5. The van der Waals surface area contributed by atoms with Crippen LogP contribution in [0.5, 0.6) is 0 Å². The first-order valence-electron chi connectivity index (χ1n) is 10.1. The van der Waals surface area contributed by atoms with Crippen LogP contribution in [0.2, 0.25) is 0 Å². The number of benzene rings is 4. The number of hydrogen-bond acceptors (Lipinski definition) is 5. The summed E-state index contributed by atoms with van der Waals surface area (Å²) in [5, 5.41) is 12.9. The SMILES string of the molecule is CC(O)(C(=O)c1ccccc1)C(OS(=O)(=O)c1ccc2ccccc2c1)c1ccccc1. The minimum atomic E-state index is -4.31. The van der Waals surface area contributed by atoms with Gasteiger partial charge in [-0.25, -0.2) is 0 Å². The Labute approximate surface area is 187 Å². The highest BCUT2D eigenvalue weighted by atomic mass is 32.2. The van der Waals surface area contributed by atoms with Crippen molar-refractivity contribution in [3.8, 4) is 0 Å². The smallest absolute Gasteiger partial charge is 0.297 e. The summed E-state index contributed by atoms with van der Waals surface area (Å²) in [5.74, 6) is -0.638. The van der Waals surface area contributed by atoms with Gasteiger partial charge in [0.25, 0.3) is 10.1 Å². The molecule has 2 unspecified atom stereocenters. The maximum absolute atomic E-state index is 13.2. The first-order chi connectivity index (χ1) is 15.3. The summed E-state index contributed by atoms with van der Waals surface area (Å²) in [6.07, 6.45) is -1.45. The summed E-state index contributed by atoms with van der Waals surface area (Å²) in [4.78, 5) is 13.1. The second-order valence-electron chi connectivity index (χ2n) is 7.69. The van der Waals surface area contributed by atoms with Crippen LogP contribution in [0.4, 0.5) is 0 Å². The molecular formula is C26H22O5S. The van der Waals surface area contributed by atoms with Crippen molar-refractivity contribution in [1.29, 1.82) is 0 Å². The fourth-order valence-corrected chi connectivity index (χ4v) is 4.78. The van der Waals surface area contributed by atoms with Gasteiger partial charge in [0.05, 0.1) is 4.90 Å². The number of rotatable bonds is 7. The number of ketones is 1. The molecule has 0 aromatic heterocycles. The Morgan fingerprint density at radius 1 is 0.812 bits per heavy atom. The molecule has 4 rings (SSSR count). The van der Waals surface area contributed by atoms with Gasteiger partial charge in [-0.3, -0.25) is 8.98 Å². The van der Waals surface area contributed by atoms with Gasteiger partial charge in [-0.15, -0.1) is 0 Å². The van der Waals surface area contributed by atoms with Gasteiger partial charge in [0.1, 0.15) is 6.10 Å². The van der Waals surface area contributed by atoms with Crippen molar-refractivity contribution in [3.63, 3.8) is 0 Å². The van der Waals surface area contributed by atoms with Crippen LogP contribution in [-0.2, 0) is 14.3 Å². The molecule has 1 N–H and O–H groups in total. The third-order valence-corrected chi connectivity index (χ3v) is 6.62. The molecule has 0 aliphatic carbocycles. The molecule has 0 fully saturated rings. The van der Waals surface area contributed by atoms with Crippen molar-refractivity contribution in [2.45, 2.75) is 23.5 Å². The van der Waals surface area contributed by atoms with E-state index in [0.29, 0.717) is 5.56 Å². The Morgan fingerprint density at radius 3 is 2.03 bits per heavy atom. The molecule has 0 radical (unpaired) electrons. The second kappa shape index (κ2) is 8.67. The first kappa shape index (κ1) is 21.9. The summed E-state index contributed by atoms with van der Waals surface area (Å²) < 4.78 is 32.0. The molecule has 4 aromatic rings. The van der Waals surface area contributed by atoms with E-state index in [0.717, 1.165) is 10.8 Å². The van der Waals surface area contributed by atoms with Crippen LogP contribution in [0.15, 0.2) is 108 Å². The van der Waals surface area contributed by atoms with Gasteiger partial charge in [-0.05, 0) is 35.4 Å². The lowest BCUT2D eigenvalue weighted by molar-refractivity contribution is -0.0267. The van der Waals surface area contributed by atoms with Crippen LogP contribution in [0.3, 0.4) is 0 Å². The number of hydrogen-bond donors (Lipinski definition) is 1. The summed E-state index contributed by atoms with van der Waals surface area (Å²) in [5.41, 5.74) is -1.52. The highest BCUT2D eigenvalue weighted by molar-refractivity contribution is 7.86. The van der Waals surface area contributed by atoms with E-state index in [1.807, 2.05) is 18.2 Å². The van der Waals surface area contributed by atoms with E-state index in [-0.39, 0.29) is 10.5 Å². The molecule has 0 aliphatic rings. The van der Waals surface area contributed by atoms with E-state index in [2.05, 4.69) is 0 Å². The Morgan fingerprint density at radius 2 is 1.38 bits per heavy atom. The fraction of sp³-hybridized carbons (Fsp3) is 0.115. The summed E-state index contributed by atoms with van der Waals surface area (Å²) >= 11 is 0. The van der Waals surface area contributed by atoms with E-state index in [4.69, 9.17) is 4.18 Å². The van der Waals surface area contributed by atoms with Gasteiger partial charge < -0.3 is 5.11 Å². The third kappa shape index (κ3) is 4.34. The minimum absolute atomic E-state index is 0.0555. The normalized spacial score (nSPS) is 14.6. The number of aliphatic hydroxyl groups is 1. The average Bonchev–Trinajstić information content (AvgIpc) is 2.82. The summed E-state index contributed by atoms with van der Waals surface area (Å²) in [6.45, 7) is 1.27. The monoisotopic (exact) mass is 446 g/mol. The van der Waals surface area contributed by atoms with Gasteiger partial charge in [0.15, 0.2) is 11.4 Å². The molecule has 0 heterocycles. The predicted octanol–water partition coefficient (Wildman–Crippen LogP) is 4.92. The van der Waals surface area contributed by atoms with Crippen LogP contribution >= 0.6 is 0 Å². The quantitative estimate of drug-likeness (QED) is 0.322. The van der Waals surface area contributed by atoms with E-state index < -0.39 is 27.6 Å². The molecule has 0 amide bonds. The maximum atomic E-state index is 13.2. The lowest BCUT2D eigenvalue weighted by Gasteiger charge is -2.31. The van der Waals surface area contributed by atoms with Crippen LogP contribution in [0.1, 0.15) is 28.9 Å². The molecule has 162 valence electrons. The summed E-state index contributed by atoms with van der Waals surface area (Å²) in [6, 6.07) is 28.6. The van der Waals surface area contributed by atoms with Gasteiger partial charge in [-0.1, -0.05) is 91.0 Å². The second-order valence-corrected chi connectivity index (χ2v) is 9.26. The van der Waals surface area contributed by atoms with Crippen molar-refractivity contribution in [2.75, 3.05) is 0 Å². The number of carbonyl (C=O) groups is 1. The third-order valence-electron chi connectivity index (χ3n) is 5.34. The molecule has 4 aromatic carbocycles. The highest BCUT2D eigenvalue weighted by Crippen LogP contribution is 2.36. The van der Waals surface area contributed by atoms with Gasteiger partial charge >= 0.3 is 0 Å². The molecule has 32 heavy (non-hydrogen) atoms. The van der Waals surface area contributed by atoms with Crippen molar-refractivity contribution in [1.82, 2.24) is 0 Å². The Balaban J connectivity index is 1.76. The van der Waals surface area contributed by atoms with E-state index in [1.54, 1.807) is 72.8 Å². The van der Waals surface area contributed by atoms with Crippen molar-refractivity contribution >= 4 is 26.7 Å². The van der Waals surface area contributed by atoms with Crippen molar-refractivity contribution < 1.29 is 22.5 Å². The summed E-state index contributed by atoms with van der Waals surface area (Å²) in [7, 11) is -4.31. The molecule has 2 atom stereocenters. The zero-order chi connectivity index (χ0) is 22.8. The molecule has 0 bridgehead atoms. The van der Waals surface area contributed by atoms with Crippen LogP contribution < -0.4 is 0 Å². The van der Waals surface area contributed by atoms with Crippen LogP contribution in [-0.4, -0.2) is 24.9 Å². The largest absolute Gasteiger partial charge is 0.379 e. The predicted molar refractivity (Wildman–Crippen MR) is 123 cm³/mol. The Kier molecular flexibility index (Phi) is 5.93. The lowest BCUT2D eigenvalue weighted by Crippen LogP contribution is -2.43.